The zero-order valence-electron chi connectivity index (χ0n) is 12.0. The molecule has 23 heavy (non-hydrogen) atoms. The molecule has 0 spiro atoms. The van der Waals surface area contributed by atoms with Gasteiger partial charge in [-0.2, -0.15) is 0 Å². The standard InChI is InChI=1S/C18H12O5/c19-16(20)10-23-15-8-4-1-5-11(15)9-14-17(21)12-6-2-3-7-13(12)18(14)22/h1-9H,10H2,(H,19,20). The number of ether oxygens (including phenoxy) is 1. The second-order valence-corrected chi connectivity index (χ2v) is 4.98. The molecule has 0 radical (unpaired) electrons. The van der Waals surface area contributed by atoms with Gasteiger partial charge in [0.15, 0.2) is 18.2 Å². The maximum Gasteiger partial charge on any atom is 0.341 e. The Hall–Kier alpha value is -3.21. The van der Waals surface area contributed by atoms with Crippen molar-refractivity contribution in [1.82, 2.24) is 0 Å². The summed E-state index contributed by atoms with van der Waals surface area (Å²) in [6.07, 6.45) is 1.45. The van der Waals surface area contributed by atoms with Gasteiger partial charge in [-0.25, -0.2) is 4.79 Å². The topological polar surface area (TPSA) is 80.7 Å². The first kappa shape index (κ1) is 14.7. The maximum atomic E-state index is 12.4. The van der Waals surface area contributed by atoms with Crippen LogP contribution in [0.1, 0.15) is 26.3 Å². The van der Waals surface area contributed by atoms with Gasteiger partial charge >= 0.3 is 5.97 Å². The maximum absolute atomic E-state index is 12.4. The van der Waals surface area contributed by atoms with Crippen molar-refractivity contribution >= 4 is 23.6 Å². The minimum atomic E-state index is -1.10. The SMILES string of the molecule is O=C(O)COc1ccccc1C=C1C(=O)c2ccccc2C1=O. The lowest BCUT2D eigenvalue weighted by atomic mass is 10.1. The molecular formula is C18H12O5. The lowest BCUT2D eigenvalue weighted by Gasteiger charge is -2.07. The Morgan fingerprint density at radius 2 is 1.52 bits per heavy atom. The van der Waals surface area contributed by atoms with Gasteiger partial charge in [0.25, 0.3) is 0 Å². The van der Waals surface area contributed by atoms with Gasteiger partial charge in [-0.3, -0.25) is 9.59 Å². The number of aliphatic carboxylic acids is 1. The van der Waals surface area contributed by atoms with Crippen LogP contribution in [0.15, 0.2) is 54.1 Å². The number of fused-ring (bicyclic) bond motifs is 1. The summed E-state index contributed by atoms with van der Waals surface area (Å²) in [6, 6.07) is 13.3. The van der Waals surface area contributed by atoms with Crippen LogP contribution in [0.2, 0.25) is 0 Å². The summed E-state index contributed by atoms with van der Waals surface area (Å²) in [7, 11) is 0. The lowest BCUT2D eigenvalue weighted by molar-refractivity contribution is -0.139. The largest absolute Gasteiger partial charge is 0.481 e. The molecule has 0 heterocycles. The Morgan fingerprint density at radius 1 is 0.957 bits per heavy atom. The third-order valence-corrected chi connectivity index (χ3v) is 3.48. The Bertz CT molecular complexity index is 811. The van der Waals surface area contributed by atoms with Crippen molar-refractivity contribution in [2.24, 2.45) is 0 Å². The number of rotatable bonds is 4. The van der Waals surface area contributed by atoms with E-state index in [9.17, 15) is 14.4 Å². The summed E-state index contributed by atoms with van der Waals surface area (Å²) in [6.45, 7) is -0.498. The van der Waals surface area contributed by atoms with E-state index in [0.29, 0.717) is 22.4 Å². The van der Waals surface area contributed by atoms with Crippen molar-refractivity contribution in [3.8, 4) is 5.75 Å². The number of carboxylic acids is 1. The monoisotopic (exact) mass is 308 g/mol. The van der Waals surface area contributed by atoms with E-state index < -0.39 is 12.6 Å². The normalized spacial score (nSPS) is 13.0. The van der Waals surface area contributed by atoms with Crippen molar-refractivity contribution < 1.29 is 24.2 Å². The highest BCUT2D eigenvalue weighted by atomic mass is 16.5. The first-order valence-corrected chi connectivity index (χ1v) is 6.91. The number of allylic oxidation sites excluding steroid dienone is 1. The lowest BCUT2D eigenvalue weighted by Crippen LogP contribution is -2.10. The average Bonchev–Trinajstić information content (AvgIpc) is 2.79. The summed E-state index contributed by atoms with van der Waals surface area (Å²) in [5.41, 5.74) is 1.30. The Morgan fingerprint density at radius 3 is 2.13 bits per heavy atom. The zero-order chi connectivity index (χ0) is 16.4. The van der Waals surface area contributed by atoms with Crippen molar-refractivity contribution in [2.45, 2.75) is 0 Å². The van der Waals surface area contributed by atoms with Crippen LogP contribution in [0.4, 0.5) is 0 Å². The van der Waals surface area contributed by atoms with Crippen molar-refractivity contribution in [3.05, 3.63) is 70.8 Å². The van der Waals surface area contributed by atoms with Gasteiger partial charge in [0.1, 0.15) is 5.75 Å². The molecule has 5 nitrogen and oxygen atoms in total. The number of carbonyl (C=O) groups is 3. The van der Waals surface area contributed by atoms with Crippen LogP contribution in [0.25, 0.3) is 6.08 Å². The predicted molar refractivity (Wildman–Crippen MR) is 82.7 cm³/mol. The molecule has 0 saturated heterocycles. The molecular weight excluding hydrogens is 296 g/mol. The number of Topliss-reactive ketones (excluding diaryl/α,β-unsaturated/α-hetero) is 2. The third-order valence-electron chi connectivity index (χ3n) is 3.48. The van der Waals surface area contributed by atoms with Crippen LogP contribution in [-0.2, 0) is 4.79 Å². The summed E-state index contributed by atoms with van der Waals surface area (Å²) < 4.78 is 5.19. The predicted octanol–water partition coefficient (Wildman–Crippen LogP) is 2.61. The molecule has 0 aromatic heterocycles. The highest BCUT2D eigenvalue weighted by Gasteiger charge is 2.32. The first-order valence-electron chi connectivity index (χ1n) is 6.91. The van der Waals surface area contributed by atoms with Crippen molar-refractivity contribution in [2.75, 3.05) is 6.61 Å². The van der Waals surface area contributed by atoms with E-state index in [1.54, 1.807) is 48.5 Å². The van der Waals surface area contributed by atoms with E-state index in [0.717, 1.165) is 0 Å². The van der Waals surface area contributed by atoms with E-state index in [1.165, 1.54) is 6.08 Å². The zero-order valence-corrected chi connectivity index (χ0v) is 12.0. The number of carboxylic acid groups (broad SMARTS) is 1. The van der Waals surface area contributed by atoms with Crippen LogP contribution in [0.5, 0.6) is 5.75 Å². The highest BCUT2D eigenvalue weighted by Crippen LogP contribution is 2.29. The smallest absolute Gasteiger partial charge is 0.341 e. The minimum absolute atomic E-state index is 0.0533. The van der Waals surface area contributed by atoms with Gasteiger partial charge in [0.05, 0.1) is 5.57 Å². The van der Waals surface area contributed by atoms with Crippen LogP contribution < -0.4 is 4.74 Å². The molecule has 0 unspecified atom stereocenters. The number of hydrogen-bond donors (Lipinski definition) is 1. The Balaban J connectivity index is 1.99. The molecule has 1 aliphatic carbocycles. The van der Waals surface area contributed by atoms with Gasteiger partial charge in [0, 0.05) is 16.7 Å². The van der Waals surface area contributed by atoms with E-state index in [1.807, 2.05) is 0 Å². The quantitative estimate of drug-likeness (QED) is 0.693. The second-order valence-electron chi connectivity index (χ2n) is 4.98. The number of hydrogen-bond acceptors (Lipinski definition) is 4. The van der Waals surface area contributed by atoms with Crippen LogP contribution in [0.3, 0.4) is 0 Å². The number of para-hydroxylation sites is 1. The molecule has 0 atom stereocenters. The Kier molecular flexibility index (Phi) is 3.76. The minimum Gasteiger partial charge on any atom is -0.481 e. The molecule has 114 valence electrons. The number of ketones is 2. The molecule has 1 N–H and O–H groups in total. The van der Waals surface area contributed by atoms with Crippen LogP contribution in [0, 0.1) is 0 Å². The van der Waals surface area contributed by atoms with Gasteiger partial charge in [-0.1, -0.05) is 42.5 Å². The van der Waals surface area contributed by atoms with Crippen LogP contribution >= 0.6 is 0 Å². The number of benzene rings is 2. The van der Waals surface area contributed by atoms with Crippen molar-refractivity contribution in [3.63, 3.8) is 0 Å². The molecule has 1 aliphatic rings. The molecule has 0 saturated carbocycles. The molecule has 0 aliphatic heterocycles. The fraction of sp³-hybridized carbons (Fsp3) is 0.0556. The highest BCUT2D eigenvalue weighted by molar-refractivity contribution is 6.41. The molecule has 0 amide bonds. The number of carbonyl (C=O) groups excluding carboxylic acids is 2. The average molecular weight is 308 g/mol. The first-order chi connectivity index (χ1) is 11.1. The molecule has 0 bridgehead atoms. The summed E-state index contributed by atoms with van der Waals surface area (Å²) in [5.74, 6) is -1.47. The fourth-order valence-corrected chi connectivity index (χ4v) is 2.43. The molecule has 2 aromatic carbocycles. The van der Waals surface area contributed by atoms with E-state index in [2.05, 4.69) is 0 Å². The van der Waals surface area contributed by atoms with Gasteiger partial charge in [0.2, 0.25) is 0 Å². The summed E-state index contributed by atoms with van der Waals surface area (Å²) in [5, 5.41) is 8.70. The van der Waals surface area contributed by atoms with E-state index in [-0.39, 0.29) is 17.1 Å². The van der Waals surface area contributed by atoms with E-state index in [4.69, 9.17) is 9.84 Å². The van der Waals surface area contributed by atoms with Gasteiger partial charge < -0.3 is 9.84 Å². The molecule has 3 rings (SSSR count). The van der Waals surface area contributed by atoms with E-state index >= 15 is 0 Å². The van der Waals surface area contributed by atoms with Crippen molar-refractivity contribution in [1.29, 1.82) is 0 Å². The van der Waals surface area contributed by atoms with Crippen LogP contribution in [-0.4, -0.2) is 29.2 Å². The summed E-state index contributed by atoms with van der Waals surface area (Å²) in [4.78, 5) is 35.4. The summed E-state index contributed by atoms with van der Waals surface area (Å²) >= 11 is 0. The van der Waals surface area contributed by atoms with Gasteiger partial charge in [-0.15, -0.1) is 0 Å². The molecule has 0 fully saturated rings. The van der Waals surface area contributed by atoms with Gasteiger partial charge in [-0.05, 0) is 12.1 Å². The Labute approximate surface area is 131 Å². The third kappa shape index (κ3) is 2.76. The fourth-order valence-electron chi connectivity index (χ4n) is 2.43. The molecule has 2 aromatic rings. The molecule has 5 heteroatoms. The second kappa shape index (κ2) is 5.88.